The zero-order valence-corrected chi connectivity index (χ0v) is 10.8. The molecule has 3 heteroatoms. The number of carbonyl (C=O) groups is 1. The van der Waals surface area contributed by atoms with Crippen molar-refractivity contribution >= 4 is 5.91 Å². The summed E-state index contributed by atoms with van der Waals surface area (Å²) in [7, 11) is 0. The number of unbranched alkanes of at least 4 members (excludes halogenated alkanes) is 3. The van der Waals surface area contributed by atoms with Gasteiger partial charge in [-0.2, -0.15) is 0 Å². The summed E-state index contributed by atoms with van der Waals surface area (Å²) in [5.41, 5.74) is 0.681. The van der Waals surface area contributed by atoms with Gasteiger partial charge < -0.3 is 5.32 Å². The minimum absolute atomic E-state index is 0.00427. The van der Waals surface area contributed by atoms with Gasteiger partial charge >= 0.3 is 0 Å². The standard InChI is InChI=1S/C14H22N2O/c1-3-4-5-6-7-12(2)16-14(17)13-8-10-15-11-9-13/h8-12H,3-7H2,1-2H3,(H,16,17). The van der Waals surface area contributed by atoms with Gasteiger partial charge in [-0.15, -0.1) is 0 Å². The lowest BCUT2D eigenvalue weighted by atomic mass is 10.1. The van der Waals surface area contributed by atoms with Crippen molar-refractivity contribution in [2.45, 2.75) is 52.0 Å². The molecule has 1 aromatic rings. The average Bonchev–Trinajstić information content (AvgIpc) is 2.36. The van der Waals surface area contributed by atoms with Crippen molar-refractivity contribution < 1.29 is 4.79 Å². The molecule has 0 aliphatic heterocycles. The molecule has 1 aromatic heterocycles. The van der Waals surface area contributed by atoms with Gasteiger partial charge in [0.05, 0.1) is 0 Å². The molecule has 1 heterocycles. The lowest BCUT2D eigenvalue weighted by Crippen LogP contribution is -2.32. The van der Waals surface area contributed by atoms with Crippen molar-refractivity contribution in [3.63, 3.8) is 0 Å². The van der Waals surface area contributed by atoms with E-state index in [1.54, 1.807) is 24.5 Å². The number of hydrogen-bond acceptors (Lipinski definition) is 2. The summed E-state index contributed by atoms with van der Waals surface area (Å²) in [5.74, 6) is -0.00427. The smallest absolute Gasteiger partial charge is 0.251 e. The zero-order valence-electron chi connectivity index (χ0n) is 10.8. The number of rotatable bonds is 7. The molecule has 0 fully saturated rings. The summed E-state index contributed by atoms with van der Waals surface area (Å²) in [4.78, 5) is 15.7. The third kappa shape index (κ3) is 5.48. The Bertz CT molecular complexity index is 324. The van der Waals surface area contributed by atoms with Crippen LogP contribution in [0.4, 0.5) is 0 Å². The fraction of sp³-hybridized carbons (Fsp3) is 0.571. The molecule has 0 aliphatic rings. The normalized spacial score (nSPS) is 12.1. The van der Waals surface area contributed by atoms with Crippen molar-refractivity contribution in [2.75, 3.05) is 0 Å². The highest BCUT2D eigenvalue weighted by Crippen LogP contribution is 2.06. The quantitative estimate of drug-likeness (QED) is 0.736. The second kappa shape index (κ2) is 7.82. The minimum atomic E-state index is -0.00427. The van der Waals surface area contributed by atoms with Crippen LogP contribution >= 0.6 is 0 Å². The van der Waals surface area contributed by atoms with E-state index in [0.717, 1.165) is 6.42 Å². The molecular formula is C14H22N2O. The molecule has 3 nitrogen and oxygen atoms in total. The van der Waals surface area contributed by atoms with Crippen LogP contribution in [0, 0.1) is 0 Å². The SMILES string of the molecule is CCCCCCC(C)NC(=O)c1ccncc1. The number of nitrogens with one attached hydrogen (secondary N) is 1. The van der Waals surface area contributed by atoms with Gasteiger partial charge in [-0.05, 0) is 25.5 Å². The van der Waals surface area contributed by atoms with E-state index < -0.39 is 0 Å². The Labute approximate surface area is 104 Å². The summed E-state index contributed by atoms with van der Waals surface area (Å²) < 4.78 is 0. The highest BCUT2D eigenvalue weighted by molar-refractivity contribution is 5.94. The van der Waals surface area contributed by atoms with E-state index in [0.29, 0.717) is 5.56 Å². The van der Waals surface area contributed by atoms with Crippen LogP contribution in [-0.2, 0) is 0 Å². The lowest BCUT2D eigenvalue weighted by molar-refractivity contribution is 0.0938. The molecule has 0 saturated carbocycles. The molecule has 0 aliphatic carbocycles. The van der Waals surface area contributed by atoms with Crippen LogP contribution in [0.1, 0.15) is 56.3 Å². The molecule has 1 amide bonds. The molecule has 1 atom stereocenters. The van der Waals surface area contributed by atoms with Crippen LogP contribution in [0.25, 0.3) is 0 Å². The van der Waals surface area contributed by atoms with Crippen LogP contribution in [0.2, 0.25) is 0 Å². The van der Waals surface area contributed by atoms with Gasteiger partial charge in [-0.25, -0.2) is 0 Å². The Morgan fingerprint density at radius 2 is 2.00 bits per heavy atom. The first kappa shape index (κ1) is 13.7. The van der Waals surface area contributed by atoms with E-state index in [4.69, 9.17) is 0 Å². The van der Waals surface area contributed by atoms with Crippen LogP contribution in [0.3, 0.4) is 0 Å². The molecule has 0 radical (unpaired) electrons. The second-order valence-corrected chi connectivity index (χ2v) is 4.46. The third-order valence-electron chi connectivity index (χ3n) is 2.81. The summed E-state index contributed by atoms with van der Waals surface area (Å²) in [6, 6.07) is 3.71. The van der Waals surface area contributed by atoms with E-state index in [1.165, 1.54) is 25.7 Å². The van der Waals surface area contributed by atoms with Crippen molar-refractivity contribution in [1.29, 1.82) is 0 Å². The highest BCUT2D eigenvalue weighted by atomic mass is 16.1. The fourth-order valence-electron chi connectivity index (χ4n) is 1.76. The summed E-state index contributed by atoms with van der Waals surface area (Å²) in [6.07, 6.45) is 9.30. The maximum atomic E-state index is 11.8. The largest absolute Gasteiger partial charge is 0.350 e. The molecule has 0 saturated heterocycles. The number of nitrogens with zero attached hydrogens (tertiary/aromatic N) is 1. The number of hydrogen-bond donors (Lipinski definition) is 1. The topological polar surface area (TPSA) is 42.0 Å². The summed E-state index contributed by atoms with van der Waals surface area (Å²) in [5, 5.41) is 3.01. The number of amides is 1. The van der Waals surface area contributed by atoms with Crippen LogP contribution in [0.15, 0.2) is 24.5 Å². The maximum absolute atomic E-state index is 11.8. The molecule has 1 rings (SSSR count). The molecule has 0 spiro atoms. The van der Waals surface area contributed by atoms with Crippen LogP contribution in [-0.4, -0.2) is 16.9 Å². The molecule has 1 N–H and O–H groups in total. The number of aromatic nitrogens is 1. The molecule has 0 aromatic carbocycles. The van der Waals surface area contributed by atoms with Crippen molar-refractivity contribution in [2.24, 2.45) is 0 Å². The number of pyridine rings is 1. The second-order valence-electron chi connectivity index (χ2n) is 4.46. The zero-order chi connectivity index (χ0) is 12.5. The van der Waals surface area contributed by atoms with Crippen molar-refractivity contribution in [3.8, 4) is 0 Å². The van der Waals surface area contributed by atoms with Crippen LogP contribution in [0.5, 0.6) is 0 Å². The fourth-order valence-corrected chi connectivity index (χ4v) is 1.76. The molecule has 1 unspecified atom stereocenters. The van der Waals surface area contributed by atoms with Gasteiger partial charge in [0, 0.05) is 24.0 Å². The maximum Gasteiger partial charge on any atom is 0.251 e. The van der Waals surface area contributed by atoms with Gasteiger partial charge in [0.15, 0.2) is 0 Å². The number of carbonyl (C=O) groups excluding carboxylic acids is 1. The average molecular weight is 234 g/mol. The molecule has 17 heavy (non-hydrogen) atoms. The Hall–Kier alpha value is -1.38. The first-order valence-corrected chi connectivity index (χ1v) is 6.45. The first-order chi connectivity index (χ1) is 8.24. The van der Waals surface area contributed by atoms with Crippen molar-refractivity contribution in [1.82, 2.24) is 10.3 Å². The van der Waals surface area contributed by atoms with E-state index in [1.807, 2.05) is 0 Å². The Morgan fingerprint density at radius 3 is 2.65 bits per heavy atom. The Balaban J connectivity index is 2.26. The van der Waals surface area contributed by atoms with E-state index >= 15 is 0 Å². The predicted molar refractivity (Wildman–Crippen MR) is 69.9 cm³/mol. The summed E-state index contributed by atoms with van der Waals surface area (Å²) in [6.45, 7) is 4.26. The monoisotopic (exact) mass is 234 g/mol. The Kier molecular flexibility index (Phi) is 6.30. The predicted octanol–water partition coefficient (Wildman–Crippen LogP) is 3.17. The van der Waals surface area contributed by atoms with Crippen LogP contribution < -0.4 is 5.32 Å². The Morgan fingerprint density at radius 1 is 1.29 bits per heavy atom. The van der Waals surface area contributed by atoms with E-state index in [9.17, 15) is 4.79 Å². The van der Waals surface area contributed by atoms with E-state index in [-0.39, 0.29) is 11.9 Å². The molecular weight excluding hydrogens is 212 g/mol. The van der Waals surface area contributed by atoms with Gasteiger partial charge in [-0.1, -0.05) is 32.6 Å². The van der Waals surface area contributed by atoms with Gasteiger partial charge in [0.25, 0.3) is 5.91 Å². The third-order valence-corrected chi connectivity index (χ3v) is 2.81. The highest BCUT2D eigenvalue weighted by Gasteiger charge is 2.08. The summed E-state index contributed by atoms with van der Waals surface area (Å²) >= 11 is 0. The minimum Gasteiger partial charge on any atom is -0.350 e. The molecule has 0 bridgehead atoms. The molecule has 94 valence electrons. The lowest BCUT2D eigenvalue weighted by Gasteiger charge is -2.13. The first-order valence-electron chi connectivity index (χ1n) is 6.45. The van der Waals surface area contributed by atoms with Gasteiger partial charge in [-0.3, -0.25) is 9.78 Å². The van der Waals surface area contributed by atoms with Gasteiger partial charge in [0.2, 0.25) is 0 Å². The van der Waals surface area contributed by atoms with Gasteiger partial charge in [0.1, 0.15) is 0 Å². The van der Waals surface area contributed by atoms with E-state index in [2.05, 4.69) is 24.1 Å². The van der Waals surface area contributed by atoms with Crippen molar-refractivity contribution in [3.05, 3.63) is 30.1 Å².